The molecule has 1 aliphatic rings. The van der Waals surface area contributed by atoms with Gasteiger partial charge in [0.2, 0.25) is 10.0 Å². The van der Waals surface area contributed by atoms with E-state index in [9.17, 15) is 23.4 Å². The minimum absolute atomic E-state index is 0.00640. The summed E-state index contributed by atoms with van der Waals surface area (Å²) in [5, 5.41) is 18.5. The van der Waals surface area contributed by atoms with Gasteiger partial charge in [-0.1, -0.05) is 6.42 Å². The smallest absolute Gasteiger partial charge is 0.322 e. The molecule has 0 aromatic heterocycles. The highest BCUT2D eigenvalue weighted by Gasteiger charge is 2.28. The molecule has 8 heteroatoms. The predicted octanol–water partition coefficient (Wildman–Crippen LogP) is 0.610. The summed E-state index contributed by atoms with van der Waals surface area (Å²) >= 11 is 0. The molecule has 3 N–H and O–H groups in total. The summed E-state index contributed by atoms with van der Waals surface area (Å²) in [6, 6.07) is 4.22. The van der Waals surface area contributed by atoms with Gasteiger partial charge in [-0.15, -0.1) is 0 Å². The lowest BCUT2D eigenvalue weighted by atomic mass is 10.1. The van der Waals surface area contributed by atoms with E-state index in [1.54, 1.807) is 4.90 Å². The number of phenols is 1. The minimum Gasteiger partial charge on any atom is -0.508 e. The van der Waals surface area contributed by atoms with Crippen LogP contribution in [0.15, 0.2) is 29.2 Å². The van der Waals surface area contributed by atoms with E-state index in [0.29, 0.717) is 13.1 Å². The highest BCUT2D eigenvalue weighted by Crippen LogP contribution is 2.15. The van der Waals surface area contributed by atoms with E-state index in [-0.39, 0.29) is 17.2 Å². The van der Waals surface area contributed by atoms with Crippen molar-refractivity contribution < 1.29 is 23.4 Å². The molecule has 0 bridgehead atoms. The molecule has 1 aliphatic heterocycles. The number of aromatic hydroxyl groups is 1. The number of benzene rings is 1. The summed E-state index contributed by atoms with van der Waals surface area (Å²) in [4.78, 5) is 13.2. The summed E-state index contributed by atoms with van der Waals surface area (Å²) in [6.45, 7) is 1.15. The summed E-state index contributed by atoms with van der Waals surface area (Å²) in [7, 11) is -3.80. The zero-order valence-corrected chi connectivity index (χ0v) is 12.9. The Morgan fingerprint density at radius 1 is 1.18 bits per heavy atom. The summed E-state index contributed by atoms with van der Waals surface area (Å²) in [6.07, 6.45) is 2.92. The average molecular weight is 328 g/mol. The van der Waals surface area contributed by atoms with Crippen LogP contribution in [0.25, 0.3) is 0 Å². The zero-order chi connectivity index (χ0) is 16.2. The van der Waals surface area contributed by atoms with E-state index < -0.39 is 22.0 Å². The summed E-state index contributed by atoms with van der Waals surface area (Å²) < 4.78 is 26.6. The fraction of sp³-hybridized carbons (Fsp3) is 0.500. The van der Waals surface area contributed by atoms with Crippen LogP contribution in [0, 0.1) is 0 Å². The molecule has 22 heavy (non-hydrogen) atoms. The Bertz CT molecular complexity index is 609. The largest absolute Gasteiger partial charge is 0.508 e. The van der Waals surface area contributed by atoms with Crippen molar-refractivity contribution in [3.8, 4) is 5.75 Å². The number of sulfonamides is 1. The first-order chi connectivity index (χ1) is 10.4. The van der Waals surface area contributed by atoms with Crippen molar-refractivity contribution in [1.82, 2.24) is 9.62 Å². The van der Waals surface area contributed by atoms with Crippen molar-refractivity contribution in [1.29, 1.82) is 0 Å². The van der Waals surface area contributed by atoms with Crippen LogP contribution in [-0.2, 0) is 14.8 Å². The molecule has 2 rings (SSSR count). The topological polar surface area (TPSA) is 107 Å². The van der Waals surface area contributed by atoms with E-state index in [0.717, 1.165) is 19.3 Å². The SMILES string of the molecule is O=C(O)[C@H](CNS(=O)(=O)c1ccc(O)cc1)N1CCCCC1. The Morgan fingerprint density at radius 3 is 2.32 bits per heavy atom. The van der Waals surface area contributed by atoms with Crippen LogP contribution < -0.4 is 4.72 Å². The van der Waals surface area contributed by atoms with Crippen molar-refractivity contribution in [3.05, 3.63) is 24.3 Å². The van der Waals surface area contributed by atoms with Crippen LogP contribution >= 0.6 is 0 Å². The van der Waals surface area contributed by atoms with Gasteiger partial charge >= 0.3 is 5.97 Å². The molecule has 122 valence electrons. The highest BCUT2D eigenvalue weighted by molar-refractivity contribution is 7.89. The Hall–Kier alpha value is -1.64. The third-order valence-corrected chi connectivity index (χ3v) is 5.17. The molecule has 0 amide bonds. The summed E-state index contributed by atoms with van der Waals surface area (Å²) in [5.74, 6) is -1.06. The van der Waals surface area contributed by atoms with Gasteiger partial charge in [0, 0.05) is 6.54 Å². The van der Waals surface area contributed by atoms with Crippen LogP contribution in [0.2, 0.25) is 0 Å². The first-order valence-electron chi connectivity index (χ1n) is 7.16. The molecule has 0 aliphatic carbocycles. The molecule has 1 heterocycles. The number of carboxylic acids is 1. The van der Waals surface area contributed by atoms with Gasteiger partial charge in [-0.3, -0.25) is 9.69 Å². The Labute approximate surface area is 129 Å². The lowest BCUT2D eigenvalue weighted by Gasteiger charge is -2.31. The standard InChI is InChI=1S/C14H20N2O5S/c17-11-4-6-12(7-5-11)22(20,21)15-10-13(14(18)19)16-8-2-1-3-9-16/h4-7,13,15,17H,1-3,8-10H2,(H,18,19)/t13-/m0/s1. The Balaban J connectivity index is 2.04. The molecule has 1 saturated heterocycles. The van der Waals surface area contributed by atoms with E-state index >= 15 is 0 Å². The van der Waals surface area contributed by atoms with Crippen molar-refractivity contribution >= 4 is 16.0 Å². The molecule has 1 aromatic carbocycles. The van der Waals surface area contributed by atoms with Crippen LogP contribution in [0.4, 0.5) is 0 Å². The lowest BCUT2D eigenvalue weighted by molar-refractivity contribution is -0.143. The van der Waals surface area contributed by atoms with Crippen LogP contribution in [-0.4, -0.2) is 55.2 Å². The first kappa shape index (κ1) is 16.7. The maximum absolute atomic E-state index is 12.1. The molecule has 0 saturated carbocycles. The third-order valence-electron chi connectivity index (χ3n) is 3.73. The number of hydrogen-bond donors (Lipinski definition) is 3. The normalized spacial score (nSPS) is 18.0. The first-order valence-corrected chi connectivity index (χ1v) is 8.64. The Kier molecular flexibility index (Phi) is 5.38. The fourth-order valence-electron chi connectivity index (χ4n) is 2.50. The highest BCUT2D eigenvalue weighted by atomic mass is 32.2. The molecule has 0 unspecified atom stereocenters. The number of likely N-dealkylation sites (tertiary alicyclic amines) is 1. The van der Waals surface area contributed by atoms with Gasteiger partial charge in [-0.2, -0.15) is 0 Å². The molecule has 1 fully saturated rings. The van der Waals surface area contributed by atoms with Gasteiger partial charge in [0.05, 0.1) is 4.90 Å². The van der Waals surface area contributed by atoms with Gasteiger partial charge in [0.1, 0.15) is 11.8 Å². The van der Waals surface area contributed by atoms with Gasteiger partial charge in [0.25, 0.3) is 0 Å². The van der Waals surface area contributed by atoms with Crippen LogP contribution in [0.3, 0.4) is 0 Å². The number of rotatable bonds is 6. The van der Waals surface area contributed by atoms with Crippen molar-refractivity contribution in [3.63, 3.8) is 0 Å². The summed E-state index contributed by atoms with van der Waals surface area (Å²) in [5.41, 5.74) is 0. The molecule has 1 atom stereocenters. The van der Waals surface area contributed by atoms with Crippen LogP contribution in [0.5, 0.6) is 5.75 Å². The second-order valence-corrected chi connectivity index (χ2v) is 7.06. The van der Waals surface area contributed by atoms with Gasteiger partial charge < -0.3 is 10.2 Å². The molecule has 7 nitrogen and oxygen atoms in total. The van der Waals surface area contributed by atoms with Crippen molar-refractivity contribution in [2.45, 2.75) is 30.2 Å². The van der Waals surface area contributed by atoms with E-state index in [2.05, 4.69) is 4.72 Å². The number of aliphatic carboxylic acids is 1. The van der Waals surface area contributed by atoms with Crippen molar-refractivity contribution in [2.75, 3.05) is 19.6 Å². The second-order valence-electron chi connectivity index (χ2n) is 5.30. The van der Waals surface area contributed by atoms with Gasteiger partial charge in [-0.05, 0) is 50.2 Å². The molecular formula is C14H20N2O5S. The molecular weight excluding hydrogens is 308 g/mol. The second kappa shape index (κ2) is 7.08. The number of nitrogens with zero attached hydrogens (tertiary/aromatic N) is 1. The number of phenolic OH excluding ortho intramolecular Hbond substituents is 1. The van der Waals surface area contributed by atoms with E-state index in [1.807, 2.05) is 0 Å². The fourth-order valence-corrected chi connectivity index (χ4v) is 3.54. The number of nitrogens with one attached hydrogen (secondary N) is 1. The van der Waals surface area contributed by atoms with Gasteiger partial charge in [0.15, 0.2) is 0 Å². The van der Waals surface area contributed by atoms with E-state index in [1.165, 1.54) is 24.3 Å². The molecule has 0 radical (unpaired) electrons. The van der Waals surface area contributed by atoms with Crippen molar-refractivity contribution in [2.24, 2.45) is 0 Å². The molecule has 1 aromatic rings. The Morgan fingerprint density at radius 2 is 1.77 bits per heavy atom. The van der Waals surface area contributed by atoms with Crippen LogP contribution in [0.1, 0.15) is 19.3 Å². The number of carbonyl (C=O) groups is 1. The predicted molar refractivity (Wildman–Crippen MR) is 80.1 cm³/mol. The minimum atomic E-state index is -3.80. The molecule has 0 spiro atoms. The number of piperidine rings is 1. The average Bonchev–Trinajstić information content (AvgIpc) is 2.48. The quantitative estimate of drug-likeness (QED) is 0.706. The third kappa shape index (κ3) is 4.19. The monoisotopic (exact) mass is 328 g/mol. The maximum atomic E-state index is 12.1. The number of hydrogen-bond acceptors (Lipinski definition) is 5. The number of carboxylic acid groups (broad SMARTS) is 1. The zero-order valence-electron chi connectivity index (χ0n) is 12.1. The van der Waals surface area contributed by atoms with Gasteiger partial charge in [-0.25, -0.2) is 13.1 Å². The lowest BCUT2D eigenvalue weighted by Crippen LogP contribution is -2.50. The maximum Gasteiger partial charge on any atom is 0.322 e. The van der Waals surface area contributed by atoms with E-state index in [4.69, 9.17) is 0 Å².